The second-order valence-corrected chi connectivity index (χ2v) is 5.09. The molecule has 16 heavy (non-hydrogen) atoms. The molecule has 0 spiro atoms. The van der Waals surface area contributed by atoms with Crippen molar-refractivity contribution in [3.63, 3.8) is 0 Å². The van der Waals surface area contributed by atoms with E-state index in [2.05, 4.69) is 26.1 Å². The molecule has 0 aromatic heterocycles. The number of nitrogens with one attached hydrogen (secondary N) is 1. The van der Waals surface area contributed by atoms with Crippen molar-refractivity contribution in [2.75, 3.05) is 13.1 Å². The third-order valence-electron chi connectivity index (χ3n) is 2.65. The number of hydrogen-bond acceptors (Lipinski definition) is 1. The standard InChI is InChI=1S/C13H19ClFN/c1-4-7-16-9-13(2,3)11-6-5-10(15)8-12(11)14/h5-6,8,16H,4,7,9H2,1-3H3. The summed E-state index contributed by atoms with van der Waals surface area (Å²) in [4.78, 5) is 0. The minimum atomic E-state index is -0.286. The summed E-state index contributed by atoms with van der Waals surface area (Å²) in [5, 5.41) is 3.87. The van der Waals surface area contributed by atoms with Crippen LogP contribution in [0.3, 0.4) is 0 Å². The second-order valence-electron chi connectivity index (χ2n) is 4.68. The zero-order valence-corrected chi connectivity index (χ0v) is 10.9. The number of rotatable bonds is 5. The molecule has 0 atom stereocenters. The highest BCUT2D eigenvalue weighted by atomic mass is 35.5. The smallest absolute Gasteiger partial charge is 0.124 e. The van der Waals surface area contributed by atoms with Crippen LogP contribution < -0.4 is 5.32 Å². The van der Waals surface area contributed by atoms with E-state index in [0.29, 0.717) is 5.02 Å². The van der Waals surface area contributed by atoms with Crippen LogP contribution in [0.2, 0.25) is 5.02 Å². The molecule has 0 bridgehead atoms. The summed E-state index contributed by atoms with van der Waals surface area (Å²) >= 11 is 6.06. The Labute approximate surface area is 102 Å². The van der Waals surface area contributed by atoms with Gasteiger partial charge in [-0.2, -0.15) is 0 Å². The first kappa shape index (κ1) is 13.5. The lowest BCUT2D eigenvalue weighted by Gasteiger charge is -2.26. The quantitative estimate of drug-likeness (QED) is 0.777. The van der Waals surface area contributed by atoms with Crippen molar-refractivity contribution in [3.05, 3.63) is 34.6 Å². The highest BCUT2D eigenvalue weighted by molar-refractivity contribution is 6.31. The summed E-state index contributed by atoms with van der Waals surface area (Å²) in [6.07, 6.45) is 1.10. The molecule has 0 aliphatic rings. The summed E-state index contributed by atoms with van der Waals surface area (Å²) in [5.41, 5.74) is 0.902. The molecule has 0 fully saturated rings. The Kier molecular flexibility index (Phi) is 4.75. The average Bonchev–Trinajstić information content (AvgIpc) is 2.17. The van der Waals surface area contributed by atoms with Crippen LogP contribution in [0.15, 0.2) is 18.2 Å². The van der Waals surface area contributed by atoms with E-state index >= 15 is 0 Å². The molecule has 1 nitrogen and oxygen atoms in total. The van der Waals surface area contributed by atoms with Gasteiger partial charge in [-0.25, -0.2) is 4.39 Å². The van der Waals surface area contributed by atoms with Gasteiger partial charge in [-0.1, -0.05) is 38.4 Å². The lowest BCUT2D eigenvalue weighted by molar-refractivity contribution is 0.469. The number of hydrogen-bond donors (Lipinski definition) is 1. The van der Waals surface area contributed by atoms with Gasteiger partial charge in [0.05, 0.1) is 0 Å². The monoisotopic (exact) mass is 243 g/mol. The maximum Gasteiger partial charge on any atom is 0.124 e. The molecule has 0 amide bonds. The Morgan fingerprint density at radius 1 is 1.38 bits per heavy atom. The summed E-state index contributed by atoms with van der Waals surface area (Å²) in [6.45, 7) is 8.17. The van der Waals surface area contributed by atoms with E-state index in [1.54, 1.807) is 6.07 Å². The van der Waals surface area contributed by atoms with Crippen molar-refractivity contribution in [3.8, 4) is 0 Å². The van der Waals surface area contributed by atoms with Crippen molar-refractivity contribution in [1.82, 2.24) is 5.32 Å². The Balaban J connectivity index is 2.80. The lowest BCUT2D eigenvalue weighted by atomic mass is 9.84. The van der Waals surface area contributed by atoms with Crippen molar-refractivity contribution in [1.29, 1.82) is 0 Å². The fourth-order valence-corrected chi connectivity index (χ4v) is 2.13. The predicted octanol–water partition coefficient (Wildman–Crippen LogP) is 3.76. The summed E-state index contributed by atoms with van der Waals surface area (Å²) < 4.78 is 12.9. The lowest BCUT2D eigenvalue weighted by Crippen LogP contribution is -2.33. The molecular weight excluding hydrogens is 225 g/mol. The van der Waals surface area contributed by atoms with Gasteiger partial charge in [0.15, 0.2) is 0 Å². The van der Waals surface area contributed by atoms with Gasteiger partial charge in [0.1, 0.15) is 5.82 Å². The van der Waals surface area contributed by atoms with Gasteiger partial charge < -0.3 is 5.32 Å². The van der Waals surface area contributed by atoms with Gasteiger partial charge in [0.25, 0.3) is 0 Å². The van der Waals surface area contributed by atoms with Crippen molar-refractivity contribution in [2.45, 2.75) is 32.6 Å². The molecule has 1 rings (SSSR count). The molecule has 1 N–H and O–H groups in total. The van der Waals surface area contributed by atoms with Crippen LogP contribution in [0.5, 0.6) is 0 Å². The minimum absolute atomic E-state index is 0.0834. The molecular formula is C13H19ClFN. The third kappa shape index (κ3) is 3.46. The van der Waals surface area contributed by atoms with Crippen LogP contribution in [0.1, 0.15) is 32.8 Å². The Morgan fingerprint density at radius 2 is 2.06 bits per heavy atom. The summed E-state index contributed by atoms with van der Waals surface area (Å²) in [6, 6.07) is 4.60. The Bertz CT molecular complexity index is 350. The molecule has 0 saturated carbocycles. The van der Waals surface area contributed by atoms with Gasteiger partial charge in [0, 0.05) is 17.0 Å². The summed E-state index contributed by atoms with van der Waals surface area (Å²) in [7, 11) is 0. The van der Waals surface area contributed by atoms with E-state index in [0.717, 1.165) is 25.1 Å². The first-order valence-electron chi connectivity index (χ1n) is 5.63. The Hall–Kier alpha value is -0.600. The summed E-state index contributed by atoms with van der Waals surface area (Å²) in [5.74, 6) is -0.286. The predicted molar refractivity (Wildman–Crippen MR) is 67.6 cm³/mol. The zero-order chi connectivity index (χ0) is 12.2. The topological polar surface area (TPSA) is 12.0 Å². The van der Waals surface area contributed by atoms with E-state index in [1.807, 2.05) is 0 Å². The average molecular weight is 244 g/mol. The maximum atomic E-state index is 12.9. The van der Waals surface area contributed by atoms with Gasteiger partial charge in [-0.15, -0.1) is 0 Å². The fourth-order valence-electron chi connectivity index (χ4n) is 1.71. The van der Waals surface area contributed by atoms with E-state index in [-0.39, 0.29) is 11.2 Å². The van der Waals surface area contributed by atoms with Gasteiger partial charge >= 0.3 is 0 Å². The molecule has 0 radical (unpaired) electrons. The highest BCUT2D eigenvalue weighted by Gasteiger charge is 2.22. The molecule has 0 aliphatic carbocycles. The van der Waals surface area contributed by atoms with E-state index in [9.17, 15) is 4.39 Å². The fraction of sp³-hybridized carbons (Fsp3) is 0.538. The molecule has 0 aliphatic heterocycles. The van der Waals surface area contributed by atoms with E-state index in [1.165, 1.54) is 12.1 Å². The molecule has 90 valence electrons. The van der Waals surface area contributed by atoms with Crippen LogP contribution in [-0.4, -0.2) is 13.1 Å². The molecule has 0 heterocycles. The zero-order valence-electron chi connectivity index (χ0n) is 10.1. The maximum absolute atomic E-state index is 12.9. The van der Waals surface area contributed by atoms with E-state index < -0.39 is 0 Å². The Morgan fingerprint density at radius 3 is 2.62 bits per heavy atom. The molecule has 0 saturated heterocycles. The van der Waals surface area contributed by atoms with Crippen LogP contribution in [0, 0.1) is 5.82 Å². The van der Waals surface area contributed by atoms with Crippen molar-refractivity contribution >= 4 is 11.6 Å². The first-order valence-corrected chi connectivity index (χ1v) is 6.01. The molecule has 1 aromatic rings. The highest BCUT2D eigenvalue weighted by Crippen LogP contribution is 2.29. The normalized spacial score (nSPS) is 11.8. The second kappa shape index (κ2) is 5.65. The van der Waals surface area contributed by atoms with Crippen LogP contribution >= 0.6 is 11.6 Å². The first-order chi connectivity index (χ1) is 7.47. The van der Waals surface area contributed by atoms with Crippen molar-refractivity contribution in [2.24, 2.45) is 0 Å². The molecule has 3 heteroatoms. The van der Waals surface area contributed by atoms with E-state index in [4.69, 9.17) is 11.6 Å². The van der Waals surface area contributed by atoms with Crippen LogP contribution in [0.25, 0.3) is 0 Å². The van der Waals surface area contributed by atoms with Crippen LogP contribution in [-0.2, 0) is 5.41 Å². The van der Waals surface area contributed by atoms with Gasteiger partial charge in [0.2, 0.25) is 0 Å². The SMILES string of the molecule is CCCNCC(C)(C)c1ccc(F)cc1Cl. The molecule has 0 unspecified atom stereocenters. The van der Waals surface area contributed by atoms with Gasteiger partial charge in [-0.05, 0) is 30.7 Å². The largest absolute Gasteiger partial charge is 0.316 e. The van der Waals surface area contributed by atoms with Crippen LogP contribution in [0.4, 0.5) is 4.39 Å². The van der Waals surface area contributed by atoms with Gasteiger partial charge in [-0.3, -0.25) is 0 Å². The molecule has 1 aromatic carbocycles. The number of benzene rings is 1. The minimum Gasteiger partial charge on any atom is -0.316 e. The third-order valence-corrected chi connectivity index (χ3v) is 2.97. The number of halogens is 2. The van der Waals surface area contributed by atoms with Crippen molar-refractivity contribution < 1.29 is 4.39 Å².